The third-order valence-corrected chi connectivity index (χ3v) is 3.70. The molecular weight excluding hydrogens is 282 g/mol. The minimum absolute atomic E-state index is 0.0352. The van der Waals surface area contributed by atoms with Gasteiger partial charge in [0.15, 0.2) is 6.61 Å². The fraction of sp³-hybridized carbons (Fsp3) is 0.429. The number of halogens is 1. The molecule has 6 heteroatoms. The van der Waals surface area contributed by atoms with Crippen LogP contribution in [0.2, 0.25) is 5.02 Å². The average molecular weight is 298 g/mol. The Kier molecular flexibility index (Phi) is 4.49. The van der Waals surface area contributed by atoms with Crippen LogP contribution in [0.4, 0.5) is 0 Å². The quantitative estimate of drug-likeness (QED) is 0.923. The molecule has 1 saturated heterocycles. The van der Waals surface area contributed by atoms with E-state index in [0.29, 0.717) is 23.7 Å². The fourth-order valence-corrected chi connectivity index (χ4v) is 2.49. The van der Waals surface area contributed by atoms with Crippen molar-refractivity contribution in [1.29, 1.82) is 0 Å². The lowest BCUT2D eigenvalue weighted by Gasteiger charge is -2.23. The first-order valence-electron chi connectivity index (χ1n) is 6.39. The molecule has 1 fully saturated rings. The van der Waals surface area contributed by atoms with E-state index in [-0.39, 0.29) is 18.4 Å². The Morgan fingerprint density at radius 2 is 2.05 bits per heavy atom. The molecule has 5 nitrogen and oxygen atoms in total. The summed E-state index contributed by atoms with van der Waals surface area (Å²) in [6.45, 7) is 2.13. The second kappa shape index (κ2) is 6.13. The highest BCUT2D eigenvalue weighted by Crippen LogP contribution is 2.24. The van der Waals surface area contributed by atoms with Crippen LogP contribution >= 0.6 is 11.6 Å². The maximum Gasteiger partial charge on any atom is 0.326 e. The van der Waals surface area contributed by atoms with Crippen LogP contribution in [0, 0.1) is 5.92 Å². The summed E-state index contributed by atoms with van der Waals surface area (Å²) in [7, 11) is 0. The zero-order chi connectivity index (χ0) is 14.7. The Balaban J connectivity index is 1.94. The van der Waals surface area contributed by atoms with E-state index in [2.05, 4.69) is 0 Å². The molecule has 2 unspecified atom stereocenters. The minimum Gasteiger partial charge on any atom is -0.484 e. The summed E-state index contributed by atoms with van der Waals surface area (Å²) < 4.78 is 5.36. The van der Waals surface area contributed by atoms with Crippen LogP contribution in [-0.4, -0.2) is 41.1 Å². The van der Waals surface area contributed by atoms with E-state index < -0.39 is 12.0 Å². The maximum atomic E-state index is 12.1. The van der Waals surface area contributed by atoms with Crippen LogP contribution in [-0.2, 0) is 9.59 Å². The van der Waals surface area contributed by atoms with Crippen molar-refractivity contribution in [1.82, 2.24) is 4.90 Å². The third-order valence-electron chi connectivity index (χ3n) is 3.45. The molecule has 108 valence electrons. The highest BCUT2D eigenvalue weighted by atomic mass is 35.5. The summed E-state index contributed by atoms with van der Waals surface area (Å²) >= 11 is 5.75. The van der Waals surface area contributed by atoms with Crippen LogP contribution in [0.3, 0.4) is 0 Å². The van der Waals surface area contributed by atoms with E-state index in [9.17, 15) is 9.59 Å². The summed E-state index contributed by atoms with van der Waals surface area (Å²) in [5.41, 5.74) is 0. The van der Waals surface area contributed by atoms with Gasteiger partial charge >= 0.3 is 5.97 Å². The van der Waals surface area contributed by atoms with E-state index in [0.717, 1.165) is 0 Å². The lowest BCUT2D eigenvalue weighted by molar-refractivity contribution is -0.150. The van der Waals surface area contributed by atoms with Crippen molar-refractivity contribution in [2.24, 2.45) is 5.92 Å². The molecule has 1 aromatic carbocycles. The first-order valence-corrected chi connectivity index (χ1v) is 6.77. The van der Waals surface area contributed by atoms with Crippen molar-refractivity contribution < 1.29 is 19.4 Å². The average Bonchev–Trinajstić information content (AvgIpc) is 2.80. The summed E-state index contributed by atoms with van der Waals surface area (Å²) in [5, 5.41) is 9.76. The molecule has 0 bridgehead atoms. The molecular formula is C14H16ClNO4. The molecule has 0 radical (unpaired) electrons. The number of carboxylic acid groups (broad SMARTS) is 1. The molecule has 2 atom stereocenters. The van der Waals surface area contributed by atoms with Gasteiger partial charge in [-0.2, -0.15) is 0 Å². The van der Waals surface area contributed by atoms with Crippen LogP contribution in [0.1, 0.15) is 13.3 Å². The summed E-state index contributed by atoms with van der Waals surface area (Å²) in [6.07, 6.45) is 0.698. The number of hydrogen-bond acceptors (Lipinski definition) is 3. The minimum atomic E-state index is -0.963. The molecule has 1 amide bonds. The van der Waals surface area contributed by atoms with E-state index >= 15 is 0 Å². The summed E-state index contributed by atoms with van der Waals surface area (Å²) in [4.78, 5) is 24.6. The van der Waals surface area contributed by atoms with Crippen LogP contribution in [0.5, 0.6) is 5.75 Å². The predicted octanol–water partition coefficient (Wildman–Crippen LogP) is 2.04. The number of aliphatic carboxylic acids is 1. The molecule has 2 rings (SSSR count). The largest absolute Gasteiger partial charge is 0.484 e. The van der Waals surface area contributed by atoms with Gasteiger partial charge in [-0.15, -0.1) is 0 Å². The smallest absolute Gasteiger partial charge is 0.326 e. The molecule has 0 spiro atoms. The highest BCUT2D eigenvalue weighted by molar-refractivity contribution is 6.30. The van der Waals surface area contributed by atoms with Crippen LogP contribution in [0.25, 0.3) is 0 Å². The van der Waals surface area contributed by atoms with Crippen LogP contribution in [0.15, 0.2) is 24.3 Å². The topological polar surface area (TPSA) is 66.8 Å². The maximum absolute atomic E-state index is 12.1. The van der Waals surface area contributed by atoms with Gasteiger partial charge in [0.05, 0.1) is 0 Å². The van der Waals surface area contributed by atoms with Gasteiger partial charge in [0.1, 0.15) is 11.8 Å². The van der Waals surface area contributed by atoms with E-state index in [4.69, 9.17) is 21.4 Å². The normalized spacial score (nSPS) is 21.8. The van der Waals surface area contributed by atoms with Crippen molar-refractivity contribution >= 4 is 23.5 Å². The van der Waals surface area contributed by atoms with Gasteiger partial charge in [0.25, 0.3) is 5.91 Å². The van der Waals surface area contributed by atoms with Gasteiger partial charge in [0, 0.05) is 11.6 Å². The number of carboxylic acids is 1. The molecule has 0 saturated carbocycles. The molecule has 0 aliphatic carbocycles. The van der Waals surface area contributed by atoms with Gasteiger partial charge in [0.2, 0.25) is 0 Å². The number of benzene rings is 1. The number of rotatable bonds is 4. The number of carbonyl (C=O) groups is 2. The first kappa shape index (κ1) is 14.7. The predicted molar refractivity (Wildman–Crippen MR) is 73.9 cm³/mol. The van der Waals surface area contributed by atoms with Crippen molar-refractivity contribution in [2.45, 2.75) is 19.4 Å². The van der Waals surface area contributed by atoms with Crippen molar-refractivity contribution in [3.05, 3.63) is 29.3 Å². The third kappa shape index (κ3) is 3.22. The van der Waals surface area contributed by atoms with E-state index in [1.807, 2.05) is 6.92 Å². The first-order chi connectivity index (χ1) is 9.49. The Labute approximate surface area is 122 Å². The number of ether oxygens (including phenoxy) is 1. The Morgan fingerprint density at radius 3 is 2.65 bits per heavy atom. The second-order valence-electron chi connectivity index (χ2n) is 4.88. The van der Waals surface area contributed by atoms with Crippen molar-refractivity contribution in [3.8, 4) is 5.75 Å². The zero-order valence-corrected chi connectivity index (χ0v) is 11.8. The Hall–Kier alpha value is -1.75. The SMILES string of the molecule is CC1CCN(C(=O)COc2ccc(Cl)cc2)C1C(=O)O. The highest BCUT2D eigenvalue weighted by Gasteiger charge is 2.39. The molecule has 1 heterocycles. The zero-order valence-electron chi connectivity index (χ0n) is 11.1. The fourth-order valence-electron chi connectivity index (χ4n) is 2.36. The van der Waals surface area contributed by atoms with Gasteiger partial charge in [-0.1, -0.05) is 18.5 Å². The van der Waals surface area contributed by atoms with Gasteiger partial charge in [-0.25, -0.2) is 4.79 Å². The van der Waals surface area contributed by atoms with Crippen LogP contribution < -0.4 is 4.74 Å². The van der Waals surface area contributed by atoms with E-state index in [1.54, 1.807) is 24.3 Å². The number of amides is 1. The van der Waals surface area contributed by atoms with Crippen molar-refractivity contribution in [2.75, 3.05) is 13.2 Å². The number of nitrogens with zero attached hydrogens (tertiary/aromatic N) is 1. The van der Waals surface area contributed by atoms with E-state index in [1.165, 1.54) is 4.90 Å². The number of likely N-dealkylation sites (tertiary alicyclic amines) is 1. The standard InChI is InChI=1S/C14H16ClNO4/c1-9-6-7-16(13(9)14(18)19)12(17)8-20-11-4-2-10(15)3-5-11/h2-5,9,13H,6-8H2,1H3,(H,18,19). The number of hydrogen-bond donors (Lipinski definition) is 1. The molecule has 1 aromatic rings. The molecule has 0 aromatic heterocycles. The molecule has 1 aliphatic heterocycles. The van der Waals surface area contributed by atoms with Gasteiger partial charge in [-0.05, 0) is 36.6 Å². The Morgan fingerprint density at radius 1 is 1.40 bits per heavy atom. The lowest BCUT2D eigenvalue weighted by Crippen LogP contribution is -2.44. The molecule has 1 aliphatic rings. The second-order valence-corrected chi connectivity index (χ2v) is 5.32. The van der Waals surface area contributed by atoms with Crippen molar-refractivity contribution in [3.63, 3.8) is 0 Å². The number of carbonyl (C=O) groups excluding carboxylic acids is 1. The Bertz CT molecular complexity index is 502. The van der Waals surface area contributed by atoms with Gasteiger partial charge in [-0.3, -0.25) is 4.79 Å². The lowest BCUT2D eigenvalue weighted by atomic mass is 10.0. The molecule has 20 heavy (non-hydrogen) atoms. The van der Waals surface area contributed by atoms with Gasteiger partial charge < -0.3 is 14.7 Å². The summed E-state index contributed by atoms with van der Waals surface area (Å²) in [5.74, 6) is -0.777. The molecule has 1 N–H and O–H groups in total. The summed E-state index contributed by atoms with van der Waals surface area (Å²) in [6, 6.07) is 5.91. The monoisotopic (exact) mass is 297 g/mol.